The Morgan fingerprint density at radius 3 is 2.38 bits per heavy atom. The van der Waals surface area contributed by atoms with Gasteiger partial charge in [-0.1, -0.05) is 19.1 Å². The summed E-state index contributed by atoms with van der Waals surface area (Å²) in [7, 11) is 0. The minimum absolute atomic E-state index is 0.389. The molecule has 4 heteroatoms. The summed E-state index contributed by atoms with van der Waals surface area (Å²) in [5.74, 6) is 0. The first-order chi connectivity index (χ1) is 7.81. The molecule has 0 spiro atoms. The highest BCUT2D eigenvalue weighted by molar-refractivity contribution is 5.35. The van der Waals surface area contributed by atoms with Gasteiger partial charge >= 0.3 is 0 Å². The lowest BCUT2D eigenvalue weighted by Crippen LogP contribution is -2.17. The Morgan fingerprint density at radius 1 is 1.19 bits per heavy atom. The molecule has 1 N–H and O–H groups in total. The highest BCUT2D eigenvalue weighted by Gasteiger charge is 2.03. The predicted octanol–water partition coefficient (Wildman–Crippen LogP) is 1.94. The molecule has 2 rings (SSSR count). The van der Waals surface area contributed by atoms with Crippen LogP contribution in [0.1, 0.15) is 25.5 Å². The summed E-state index contributed by atoms with van der Waals surface area (Å²) in [6.45, 7) is 5.26. The van der Waals surface area contributed by atoms with E-state index in [1.165, 1.54) is 5.56 Å². The first kappa shape index (κ1) is 10.8. The molecule has 0 saturated carbocycles. The Labute approximate surface area is 95.3 Å². The smallest absolute Gasteiger partial charge is 0.123 e. The Balaban J connectivity index is 2.16. The third kappa shape index (κ3) is 2.28. The molecule has 0 aliphatic carbocycles. The van der Waals surface area contributed by atoms with Crippen LogP contribution in [0.4, 0.5) is 0 Å². The highest BCUT2D eigenvalue weighted by atomic mass is 15.2. The molecule has 1 aromatic heterocycles. The Morgan fingerprint density at radius 2 is 1.81 bits per heavy atom. The molecule has 84 valence electrons. The van der Waals surface area contributed by atoms with E-state index in [1.54, 1.807) is 12.7 Å². The molecule has 16 heavy (non-hydrogen) atoms. The molecule has 0 bridgehead atoms. The zero-order valence-corrected chi connectivity index (χ0v) is 9.59. The van der Waals surface area contributed by atoms with Crippen LogP contribution >= 0.6 is 0 Å². The second kappa shape index (κ2) is 4.90. The number of nitrogens with zero attached hydrogens (tertiary/aromatic N) is 3. The molecule has 2 aromatic rings. The standard InChI is InChI=1S/C12H16N4/c1-3-13-10(2)11-4-6-12(7-5-11)16-8-14-15-9-16/h4-10,13H,3H2,1-2H3. The molecule has 0 fully saturated rings. The summed E-state index contributed by atoms with van der Waals surface area (Å²) >= 11 is 0. The van der Waals surface area contributed by atoms with Crippen molar-refractivity contribution in [3.05, 3.63) is 42.5 Å². The molecule has 1 unspecified atom stereocenters. The summed E-state index contributed by atoms with van der Waals surface area (Å²) in [6, 6.07) is 8.80. The van der Waals surface area contributed by atoms with Crippen LogP contribution in [-0.4, -0.2) is 21.3 Å². The molecule has 1 heterocycles. The van der Waals surface area contributed by atoms with Gasteiger partial charge in [0.05, 0.1) is 0 Å². The van der Waals surface area contributed by atoms with Crippen molar-refractivity contribution in [3.8, 4) is 5.69 Å². The van der Waals surface area contributed by atoms with Crippen LogP contribution in [0.25, 0.3) is 5.69 Å². The quantitative estimate of drug-likeness (QED) is 0.849. The van der Waals surface area contributed by atoms with Crippen molar-refractivity contribution in [1.29, 1.82) is 0 Å². The van der Waals surface area contributed by atoms with Gasteiger partial charge in [0.2, 0.25) is 0 Å². The van der Waals surface area contributed by atoms with Gasteiger partial charge in [-0.25, -0.2) is 0 Å². The van der Waals surface area contributed by atoms with Crippen molar-refractivity contribution in [3.63, 3.8) is 0 Å². The maximum Gasteiger partial charge on any atom is 0.123 e. The van der Waals surface area contributed by atoms with Crippen molar-refractivity contribution in [1.82, 2.24) is 20.1 Å². The molecule has 1 aromatic carbocycles. The maximum atomic E-state index is 3.79. The average Bonchev–Trinajstić information content (AvgIpc) is 2.83. The van der Waals surface area contributed by atoms with E-state index in [-0.39, 0.29) is 0 Å². The van der Waals surface area contributed by atoms with Crippen LogP contribution in [0.5, 0.6) is 0 Å². The third-order valence-corrected chi connectivity index (χ3v) is 2.62. The zero-order valence-electron chi connectivity index (χ0n) is 9.59. The van der Waals surface area contributed by atoms with Gasteiger partial charge < -0.3 is 5.32 Å². The highest BCUT2D eigenvalue weighted by Crippen LogP contribution is 2.14. The van der Waals surface area contributed by atoms with Crippen molar-refractivity contribution >= 4 is 0 Å². The summed E-state index contributed by atoms with van der Waals surface area (Å²) in [6.07, 6.45) is 3.39. The normalized spacial score (nSPS) is 12.6. The molecular weight excluding hydrogens is 200 g/mol. The summed E-state index contributed by atoms with van der Waals surface area (Å²) in [5, 5.41) is 11.0. The maximum absolute atomic E-state index is 3.79. The van der Waals surface area contributed by atoms with E-state index in [9.17, 15) is 0 Å². The van der Waals surface area contributed by atoms with Crippen LogP contribution in [0.15, 0.2) is 36.9 Å². The summed E-state index contributed by atoms with van der Waals surface area (Å²) in [4.78, 5) is 0. The largest absolute Gasteiger partial charge is 0.310 e. The second-order valence-electron chi connectivity index (χ2n) is 3.74. The molecule has 4 nitrogen and oxygen atoms in total. The molecule has 1 atom stereocenters. The SMILES string of the molecule is CCNC(C)c1ccc(-n2cnnc2)cc1. The van der Waals surface area contributed by atoms with Crippen molar-refractivity contribution in [2.24, 2.45) is 0 Å². The van der Waals surface area contributed by atoms with Gasteiger partial charge in [0.15, 0.2) is 0 Å². The lowest BCUT2D eigenvalue weighted by Gasteiger charge is -2.13. The summed E-state index contributed by atoms with van der Waals surface area (Å²) in [5.41, 5.74) is 2.37. The van der Waals surface area contributed by atoms with Gasteiger partial charge in [0, 0.05) is 11.7 Å². The van der Waals surface area contributed by atoms with Crippen LogP contribution < -0.4 is 5.32 Å². The Hall–Kier alpha value is -1.68. The fourth-order valence-electron chi connectivity index (χ4n) is 1.69. The number of hydrogen-bond acceptors (Lipinski definition) is 3. The van der Waals surface area contributed by atoms with Crippen LogP contribution in [0.3, 0.4) is 0 Å². The minimum atomic E-state index is 0.389. The number of nitrogens with one attached hydrogen (secondary N) is 1. The lowest BCUT2D eigenvalue weighted by molar-refractivity contribution is 0.598. The first-order valence-electron chi connectivity index (χ1n) is 5.49. The zero-order chi connectivity index (χ0) is 11.4. The fourth-order valence-corrected chi connectivity index (χ4v) is 1.69. The van der Waals surface area contributed by atoms with Gasteiger partial charge in [-0.05, 0) is 31.2 Å². The van der Waals surface area contributed by atoms with Gasteiger partial charge in [-0.15, -0.1) is 10.2 Å². The van der Waals surface area contributed by atoms with Crippen molar-refractivity contribution < 1.29 is 0 Å². The lowest BCUT2D eigenvalue weighted by atomic mass is 10.1. The van der Waals surface area contributed by atoms with Crippen LogP contribution in [0.2, 0.25) is 0 Å². The van der Waals surface area contributed by atoms with Crippen molar-refractivity contribution in [2.75, 3.05) is 6.54 Å². The van der Waals surface area contributed by atoms with Gasteiger partial charge in [-0.2, -0.15) is 0 Å². The molecule has 0 aliphatic rings. The topological polar surface area (TPSA) is 42.7 Å². The third-order valence-electron chi connectivity index (χ3n) is 2.62. The fraction of sp³-hybridized carbons (Fsp3) is 0.333. The van der Waals surface area contributed by atoms with Gasteiger partial charge in [0.1, 0.15) is 12.7 Å². The monoisotopic (exact) mass is 216 g/mol. The van der Waals surface area contributed by atoms with E-state index in [0.717, 1.165) is 12.2 Å². The van der Waals surface area contributed by atoms with E-state index < -0.39 is 0 Å². The van der Waals surface area contributed by atoms with Crippen LogP contribution in [-0.2, 0) is 0 Å². The molecule has 0 saturated heterocycles. The summed E-state index contributed by atoms with van der Waals surface area (Å²) < 4.78 is 1.89. The first-order valence-corrected chi connectivity index (χ1v) is 5.49. The molecule has 0 amide bonds. The Kier molecular flexibility index (Phi) is 3.31. The number of benzene rings is 1. The van der Waals surface area contributed by atoms with E-state index in [1.807, 2.05) is 4.57 Å². The molecule has 0 aliphatic heterocycles. The van der Waals surface area contributed by atoms with Gasteiger partial charge in [-0.3, -0.25) is 4.57 Å². The minimum Gasteiger partial charge on any atom is -0.310 e. The number of hydrogen-bond donors (Lipinski definition) is 1. The second-order valence-corrected chi connectivity index (χ2v) is 3.74. The number of aromatic nitrogens is 3. The Bertz CT molecular complexity index is 419. The van der Waals surface area contributed by atoms with E-state index in [4.69, 9.17) is 0 Å². The molecule has 0 radical (unpaired) electrons. The predicted molar refractivity (Wildman–Crippen MR) is 63.5 cm³/mol. The molecular formula is C12H16N4. The number of rotatable bonds is 4. The van der Waals surface area contributed by atoms with E-state index in [0.29, 0.717) is 6.04 Å². The van der Waals surface area contributed by atoms with Crippen LogP contribution in [0, 0.1) is 0 Å². The average molecular weight is 216 g/mol. The van der Waals surface area contributed by atoms with Gasteiger partial charge in [0.25, 0.3) is 0 Å². The van der Waals surface area contributed by atoms with Crippen molar-refractivity contribution in [2.45, 2.75) is 19.9 Å². The van der Waals surface area contributed by atoms with E-state index in [2.05, 4.69) is 53.6 Å². The van der Waals surface area contributed by atoms with E-state index >= 15 is 0 Å².